The van der Waals surface area contributed by atoms with E-state index >= 15 is 0 Å². The molecule has 0 fully saturated rings. The highest BCUT2D eigenvalue weighted by molar-refractivity contribution is 5.32. The molecule has 0 unspecified atom stereocenters. The molecule has 1 heterocycles. The number of benzene rings is 1. The number of rotatable bonds is 4. The van der Waals surface area contributed by atoms with Gasteiger partial charge in [-0.15, -0.1) is 0 Å². The van der Waals surface area contributed by atoms with Crippen LogP contribution in [0.15, 0.2) is 42.6 Å². The number of aryl methyl sites for hydroxylation is 1. The Balaban J connectivity index is 2.05. The Morgan fingerprint density at radius 3 is 2.35 bits per heavy atom. The van der Waals surface area contributed by atoms with Crippen molar-refractivity contribution in [2.75, 3.05) is 6.61 Å². The maximum atomic E-state index is 8.81. The number of hydrogen-bond acceptors (Lipinski definition) is 3. The van der Waals surface area contributed by atoms with Crippen LogP contribution < -0.4 is 4.74 Å². The van der Waals surface area contributed by atoms with E-state index in [1.807, 2.05) is 43.3 Å². The fourth-order valence-electron chi connectivity index (χ4n) is 1.50. The molecule has 0 aliphatic rings. The van der Waals surface area contributed by atoms with Crippen LogP contribution in [0.2, 0.25) is 0 Å². The summed E-state index contributed by atoms with van der Waals surface area (Å²) in [6, 6.07) is 11.5. The van der Waals surface area contributed by atoms with Gasteiger partial charge in [0, 0.05) is 12.3 Å². The predicted molar refractivity (Wildman–Crippen MR) is 66.3 cm³/mol. The summed E-state index contributed by atoms with van der Waals surface area (Å²) >= 11 is 0. The first-order chi connectivity index (χ1) is 8.28. The van der Waals surface area contributed by atoms with E-state index in [1.54, 1.807) is 6.20 Å². The summed E-state index contributed by atoms with van der Waals surface area (Å²) in [5.41, 5.74) is 2.07. The van der Waals surface area contributed by atoms with Crippen LogP contribution in [0.3, 0.4) is 0 Å². The summed E-state index contributed by atoms with van der Waals surface area (Å²) < 4.78 is 5.64. The maximum Gasteiger partial charge on any atom is 0.145 e. The number of aliphatic hydroxyl groups excluding tert-OH is 1. The Bertz CT molecular complexity index is 463. The second-order valence-electron chi connectivity index (χ2n) is 3.85. The Labute approximate surface area is 101 Å². The van der Waals surface area contributed by atoms with Crippen molar-refractivity contribution in [2.24, 2.45) is 0 Å². The molecule has 0 aliphatic carbocycles. The second kappa shape index (κ2) is 5.46. The van der Waals surface area contributed by atoms with Gasteiger partial charge in [-0.25, -0.2) is 0 Å². The van der Waals surface area contributed by atoms with E-state index in [1.165, 1.54) is 0 Å². The van der Waals surface area contributed by atoms with Gasteiger partial charge >= 0.3 is 0 Å². The molecule has 3 nitrogen and oxygen atoms in total. The van der Waals surface area contributed by atoms with Gasteiger partial charge in [-0.1, -0.05) is 12.1 Å². The monoisotopic (exact) mass is 229 g/mol. The van der Waals surface area contributed by atoms with Gasteiger partial charge in [-0.05, 0) is 43.2 Å². The Hall–Kier alpha value is -1.87. The Kier molecular flexibility index (Phi) is 3.73. The molecule has 2 rings (SSSR count). The van der Waals surface area contributed by atoms with Crippen molar-refractivity contribution in [3.8, 4) is 11.5 Å². The SMILES string of the molecule is Cc1ccc(Oc2ccc(CCO)cc2)cn1. The summed E-state index contributed by atoms with van der Waals surface area (Å²) in [7, 11) is 0. The standard InChI is InChI=1S/C14H15NO2/c1-11-2-5-14(10-15-11)17-13-6-3-12(4-7-13)8-9-16/h2-7,10,16H,8-9H2,1H3. The molecule has 0 saturated heterocycles. The quantitative estimate of drug-likeness (QED) is 0.876. The molecule has 0 atom stereocenters. The van der Waals surface area contributed by atoms with E-state index in [9.17, 15) is 0 Å². The molecule has 0 saturated carbocycles. The third-order valence-corrected chi connectivity index (χ3v) is 2.44. The number of aliphatic hydroxyl groups is 1. The lowest BCUT2D eigenvalue weighted by Gasteiger charge is -2.06. The van der Waals surface area contributed by atoms with Crippen molar-refractivity contribution < 1.29 is 9.84 Å². The third-order valence-electron chi connectivity index (χ3n) is 2.44. The minimum atomic E-state index is 0.169. The fraction of sp³-hybridized carbons (Fsp3) is 0.214. The van der Waals surface area contributed by atoms with Crippen molar-refractivity contribution in [2.45, 2.75) is 13.3 Å². The van der Waals surface area contributed by atoms with Gasteiger partial charge in [0.05, 0.1) is 6.20 Å². The third kappa shape index (κ3) is 3.29. The van der Waals surface area contributed by atoms with Crippen molar-refractivity contribution in [3.05, 3.63) is 53.9 Å². The molecule has 0 amide bonds. The van der Waals surface area contributed by atoms with Gasteiger partial charge in [0.1, 0.15) is 11.5 Å². The highest BCUT2D eigenvalue weighted by Gasteiger charge is 1.98. The van der Waals surface area contributed by atoms with Gasteiger partial charge in [-0.2, -0.15) is 0 Å². The van der Waals surface area contributed by atoms with Crippen LogP contribution in [-0.4, -0.2) is 16.7 Å². The molecule has 0 aliphatic heterocycles. The molecule has 0 spiro atoms. The zero-order chi connectivity index (χ0) is 12.1. The summed E-state index contributed by atoms with van der Waals surface area (Å²) in [6.07, 6.45) is 2.38. The second-order valence-corrected chi connectivity index (χ2v) is 3.85. The Morgan fingerprint density at radius 2 is 1.76 bits per heavy atom. The molecule has 0 radical (unpaired) electrons. The predicted octanol–water partition coefficient (Wildman–Crippen LogP) is 2.72. The van der Waals surface area contributed by atoms with Crippen molar-refractivity contribution in [1.82, 2.24) is 4.98 Å². The number of ether oxygens (including phenoxy) is 1. The summed E-state index contributed by atoms with van der Waals surface area (Å²) in [4.78, 5) is 4.16. The lowest BCUT2D eigenvalue weighted by molar-refractivity contribution is 0.299. The van der Waals surface area contributed by atoms with Gasteiger partial charge in [0.25, 0.3) is 0 Å². The molecule has 88 valence electrons. The average Bonchev–Trinajstić information content (AvgIpc) is 2.35. The Morgan fingerprint density at radius 1 is 1.06 bits per heavy atom. The largest absolute Gasteiger partial charge is 0.456 e. The van der Waals surface area contributed by atoms with Gasteiger partial charge in [-0.3, -0.25) is 4.98 Å². The number of pyridine rings is 1. The van der Waals surface area contributed by atoms with E-state index in [0.29, 0.717) is 6.42 Å². The van der Waals surface area contributed by atoms with E-state index < -0.39 is 0 Å². The molecular weight excluding hydrogens is 214 g/mol. The first-order valence-corrected chi connectivity index (χ1v) is 5.58. The first kappa shape index (κ1) is 11.6. The number of nitrogens with zero attached hydrogens (tertiary/aromatic N) is 1. The van der Waals surface area contributed by atoms with Crippen LogP contribution in [-0.2, 0) is 6.42 Å². The highest BCUT2D eigenvalue weighted by Crippen LogP contribution is 2.20. The maximum absolute atomic E-state index is 8.81. The van der Waals surface area contributed by atoms with Crippen LogP contribution in [0.5, 0.6) is 11.5 Å². The summed E-state index contributed by atoms with van der Waals surface area (Å²) in [5, 5.41) is 8.81. The first-order valence-electron chi connectivity index (χ1n) is 5.58. The summed E-state index contributed by atoms with van der Waals surface area (Å²) in [6.45, 7) is 2.11. The van der Waals surface area contributed by atoms with Crippen molar-refractivity contribution in [1.29, 1.82) is 0 Å². The van der Waals surface area contributed by atoms with Crippen LogP contribution in [0.1, 0.15) is 11.3 Å². The van der Waals surface area contributed by atoms with Gasteiger partial charge in [0.2, 0.25) is 0 Å². The number of hydrogen-bond donors (Lipinski definition) is 1. The van der Waals surface area contributed by atoms with E-state index in [-0.39, 0.29) is 6.61 Å². The van der Waals surface area contributed by atoms with Crippen LogP contribution >= 0.6 is 0 Å². The van der Waals surface area contributed by atoms with Crippen LogP contribution in [0.4, 0.5) is 0 Å². The zero-order valence-corrected chi connectivity index (χ0v) is 9.76. The zero-order valence-electron chi connectivity index (χ0n) is 9.76. The smallest absolute Gasteiger partial charge is 0.145 e. The van der Waals surface area contributed by atoms with Gasteiger partial charge < -0.3 is 9.84 Å². The van der Waals surface area contributed by atoms with Crippen LogP contribution in [0, 0.1) is 6.92 Å². The van der Waals surface area contributed by atoms with Gasteiger partial charge in [0.15, 0.2) is 0 Å². The molecule has 3 heteroatoms. The van der Waals surface area contributed by atoms with Crippen molar-refractivity contribution in [3.63, 3.8) is 0 Å². The molecule has 2 aromatic rings. The molecule has 1 aromatic carbocycles. The summed E-state index contributed by atoms with van der Waals surface area (Å²) in [5.74, 6) is 1.50. The minimum Gasteiger partial charge on any atom is -0.456 e. The molecule has 1 N–H and O–H groups in total. The molecular formula is C14H15NO2. The number of aromatic nitrogens is 1. The average molecular weight is 229 g/mol. The topological polar surface area (TPSA) is 42.4 Å². The van der Waals surface area contributed by atoms with E-state index in [0.717, 1.165) is 22.8 Å². The highest BCUT2D eigenvalue weighted by atomic mass is 16.5. The lowest BCUT2D eigenvalue weighted by atomic mass is 10.1. The van der Waals surface area contributed by atoms with E-state index in [2.05, 4.69) is 4.98 Å². The molecule has 17 heavy (non-hydrogen) atoms. The van der Waals surface area contributed by atoms with Crippen LogP contribution in [0.25, 0.3) is 0 Å². The normalized spacial score (nSPS) is 10.2. The molecule has 1 aromatic heterocycles. The van der Waals surface area contributed by atoms with Crippen molar-refractivity contribution >= 4 is 0 Å². The minimum absolute atomic E-state index is 0.169. The van der Waals surface area contributed by atoms with E-state index in [4.69, 9.17) is 9.84 Å². The fourth-order valence-corrected chi connectivity index (χ4v) is 1.50. The lowest BCUT2D eigenvalue weighted by Crippen LogP contribution is -1.91. The molecule has 0 bridgehead atoms.